The number of unbranched alkanes of at least 4 members (excludes halogenated alkanes) is 19. The van der Waals surface area contributed by atoms with Gasteiger partial charge in [-0.1, -0.05) is 177 Å². The van der Waals surface area contributed by atoms with E-state index >= 15 is 0 Å². The van der Waals surface area contributed by atoms with Gasteiger partial charge < -0.3 is 20.1 Å². The van der Waals surface area contributed by atoms with Crippen LogP contribution in [-0.2, 0) is 32.7 Å². The lowest BCUT2D eigenvalue weighted by atomic mass is 10.0. The fourth-order valence-corrected chi connectivity index (χ4v) is 7.07. The molecule has 346 valence electrons. The van der Waals surface area contributed by atoms with Gasteiger partial charge in [-0.3, -0.25) is 18.6 Å². The zero-order valence-electron chi connectivity index (χ0n) is 38.2. The van der Waals surface area contributed by atoms with Crippen LogP contribution in [0.15, 0.2) is 72.9 Å². The van der Waals surface area contributed by atoms with Crippen molar-refractivity contribution < 1.29 is 37.6 Å². The van der Waals surface area contributed by atoms with Crippen molar-refractivity contribution in [1.82, 2.24) is 0 Å². The van der Waals surface area contributed by atoms with Crippen LogP contribution in [0.2, 0.25) is 0 Å². The maximum absolute atomic E-state index is 12.6. The number of esters is 2. The van der Waals surface area contributed by atoms with Crippen LogP contribution in [0.25, 0.3) is 0 Å². The first-order valence-corrected chi connectivity index (χ1v) is 25.4. The molecule has 0 saturated heterocycles. The molecule has 2 unspecified atom stereocenters. The molecule has 2 atom stereocenters. The molecular formula is C50H88NO8P. The summed E-state index contributed by atoms with van der Waals surface area (Å²) < 4.78 is 32.9. The SMILES string of the molecule is CC/C=C\C/C=C\C/C=C\C/C=C\CCCCCCCCCCCCC(=O)OC(COC(=O)CCCCCCC/C=C\C/C=C\CCCCCC)COP(=O)(O)OCCN. The largest absolute Gasteiger partial charge is 0.472 e. The van der Waals surface area contributed by atoms with Gasteiger partial charge in [0.25, 0.3) is 0 Å². The van der Waals surface area contributed by atoms with E-state index in [0.717, 1.165) is 89.9 Å². The molecule has 0 aromatic rings. The summed E-state index contributed by atoms with van der Waals surface area (Å²) in [5.74, 6) is -0.851. The Morgan fingerprint density at radius 1 is 0.517 bits per heavy atom. The number of ether oxygens (including phenoxy) is 2. The Labute approximate surface area is 367 Å². The predicted octanol–water partition coefficient (Wildman–Crippen LogP) is 14.2. The predicted molar refractivity (Wildman–Crippen MR) is 252 cm³/mol. The third-order valence-electron chi connectivity index (χ3n) is 9.83. The van der Waals surface area contributed by atoms with Gasteiger partial charge in [-0.05, 0) is 83.5 Å². The topological polar surface area (TPSA) is 134 Å². The lowest BCUT2D eigenvalue weighted by Gasteiger charge is -2.19. The van der Waals surface area contributed by atoms with Crippen molar-refractivity contribution in [2.24, 2.45) is 5.73 Å². The van der Waals surface area contributed by atoms with Crippen molar-refractivity contribution >= 4 is 19.8 Å². The number of phosphoric ester groups is 1. The summed E-state index contributed by atoms with van der Waals surface area (Å²) in [6, 6.07) is 0. The van der Waals surface area contributed by atoms with E-state index in [9.17, 15) is 19.0 Å². The lowest BCUT2D eigenvalue weighted by Crippen LogP contribution is -2.29. The minimum atomic E-state index is -4.39. The molecule has 0 fully saturated rings. The lowest BCUT2D eigenvalue weighted by molar-refractivity contribution is -0.161. The molecular weight excluding hydrogens is 774 g/mol. The van der Waals surface area contributed by atoms with E-state index < -0.39 is 32.5 Å². The van der Waals surface area contributed by atoms with E-state index in [4.69, 9.17) is 24.3 Å². The quantitative estimate of drug-likeness (QED) is 0.0266. The molecule has 0 aliphatic rings. The average molecular weight is 862 g/mol. The van der Waals surface area contributed by atoms with Gasteiger partial charge in [-0.25, -0.2) is 4.57 Å². The van der Waals surface area contributed by atoms with Crippen molar-refractivity contribution in [3.05, 3.63) is 72.9 Å². The summed E-state index contributed by atoms with van der Waals surface area (Å²) in [4.78, 5) is 35.0. The highest BCUT2D eigenvalue weighted by Crippen LogP contribution is 2.43. The van der Waals surface area contributed by atoms with Gasteiger partial charge in [0.15, 0.2) is 6.10 Å². The zero-order valence-corrected chi connectivity index (χ0v) is 39.1. The molecule has 0 aliphatic carbocycles. The molecule has 0 aromatic carbocycles. The second-order valence-corrected chi connectivity index (χ2v) is 17.0. The van der Waals surface area contributed by atoms with Gasteiger partial charge >= 0.3 is 19.8 Å². The van der Waals surface area contributed by atoms with Crippen LogP contribution in [0.5, 0.6) is 0 Å². The van der Waals surface area contributed by atoms with E-state index in [0.29, 0.717) is 12.8 Å². The smallest absolute Gasteiger partial charge is 0.462 e. The fraction of sp³-hybridized carbons (Fsp3) is 0.720. The first kappa shape index (κ1) is 57.4. The molecule has 0 rings (SSSR count). The number of hydrogen-bond acceptors (Lipinski definition) is 8. The normalized spacial score (nSPS) is 13.9. The monoisotopic (exact) mass is 862 g/mol. The summed E-state index contributed by atoms with van der Waals surface area (Å²) in [6.45, 7) is 3.58. The number of allylic oxidation sites excluding steroid dienone is 12. The maximum atomic E-state index is 12.6. The molecule has 0 aliphatic heterocycles. The Balaban J connectivity index is 4.11. The molecule has 60 heavy (non-hydrogen) atoms. The van der Waals surface area contributed by atoms with Crippen LogP contribution in [0, 0.1) is 0 Å². The number of hydrogen-bond donors (Lipinski definition) is 2. The van der Waals surface area contributed by atoms with Crippen LogP contribution in [0.4, 0.5) is 0 Å². The summed E-state index contributed by atoms with van der Waals surface area (Å²) in [6.07, 6.45) is 56.4. The van der Waals surface area contributed by atoms with Crippen LogP contribution in [0.1, 0.15) is 200 Å². The van der Waals surface area contributed by atoms with Crippen molar-refractivity contribution in [2.75, 3.05) is 26.4 Å². The minimum Gasteiger partial charge on any atom is -0.462 e. The molecule has 0 aromatic heterocycles. The van der Waals surface area contributed by atoms with Crippen LogP contribution in [0.3, 0.4) is 0 Å². The third-order valence-corrected chi connectivity index (χ3v) is 10.8. The molecule has 0 spiro atoms. The van der Waals surface area contributed by atoms with Crippen molar-refractivity contribution in [3.8, 4) is 0 Å². The van der Waals surface area contributed by atoms with E-state index in [1.165, 1.54) is 70.6 Å². The molecule has 0 radical (unpaired) electrons. The van der Waals surface area contributed by atoms with E-state index in [-0.39, 0.29) is 32.6 Å². The Kier molecular flexibility index (Phi) is 44.0. The van der Waals surface area contributed by atoms with E-state index in [1.54, 1.807) is 0 Å². The highest BCUT2D eigenvalue weighted by Gasteiger charge is 2.26. The third kappa shape index (κ3) is 45.0. The second-order valence-electron chi connectivity index (χ2n) is 15.6. The fourth-order valence-electron chi connectivity index (χ4n) is 6.30. The molecule has 0 amide bonds. The molecule has 0 saturated carbocycles. The first-order valence-electron chi connectivity index (χ1n) is 23.9. The van der Waals surface area contributed by atoms with Gasteiger partial charge in [-0.15, -0.1) is 0 Å². The zero-order chi connectivity index (χ0) is 43.9. The molecule has 3 N–H and O–H groups in total. The number of rotatable bonds is 44. The standard InChI is InChI=1S/C50H88NO8P/c1-3-5-7-9-11-13-15-17-19-21-22-23-24-25-26-27-29-31-33-35-37-39-41-43-50(53)59-48(47-58-60(54,55)57-45-44-51)46-56-49(52)42-40-38-36-34-32-30-28-20-18-16-14-12-10-8-6-4-2/h5,7,11,13-14,16-17,19-20,22-23,28,48H,3-4,6,8-10,12,15,18,21,24-27,29-47,51H2,1-2H3,(H,54,55)/b7-5-,13-11-,16-14-,19-17-,23-22-,28-20-. The van der Waals surface area contributed by atoms with Crippen molar-refractivity contribution in [3.63, 3.8) is 0 Å². The highest BCUT2D eigenvalue weighted by atomic mass is 31.2. The molecule has 9 nitrogen and oxygen atoms in total. The van der Waals surface area contributed by atoms with E-state index in [1.807, 2.05) is 0 Å². The molecule has 10 heteroatoms. The van der Waals surface area contributed by atoms with Crippen LogP contribution < -0.4 is 5.73 Å². The van der Waals surface area contributed by atoms with Gasteiger partial charge in [0.2, 0.25) is 0 Å². The van der Waals surface area contributed by atoms with E-state index in [2.05, 4.69) is 86.8 Å². The Bertz CT molecular complexity index is 1210. The van der Waals surface area contributed by atoms with Crippen LogP contribution in [-0.4, -0.2) is 49.3 Å². The summed E-state index contributed by atoms with van der Waals surface area (Å²) in [5.41, 5.74) is 5.36. The maximum Gasteiger partial charge on any atom is 0.472 e. The summed E-state index contributed by atoms with van der Waals surface area (Å²) >= 11 is 0. The van der Waals surface area contributed by atoms with Gasteiger partial charge in [0, 0.05) is 19.4 Å². The summed E-state index contributed by atoms with van der Waals surface area (Å²) in [7, 11) is -4.39. The van der Waals surface area contributed by atoms with Gasteiger partial charge in [0.1, 0.15) is 6.61 Å². The molecule has 0 heterocycles. The number of phosphoric acid groups is 1. The minimum absolute atomic E-state index is 0.0475. The highest BCUT2D eigenvalue weighted by molar-refractivity contribution is 7.47. The average Bonchev–Trinajstić information content (AvgIpc) is 3.24. The Morgan fingerprint density at radius 3 is 1.37 bits per heavy atom. The van der Waals surface area contributed by atoms with Gasteiger partial charge in [-0.2, -0.15) is 0 Å². The number of carbonyl (C=O) groups is 2. The summed E-state index contributed by atoms with van der Waals surface area (Å²) in [5, 5.41) is 0. The van der Waals surface area contributed by atoms with Crippen molar-refractivity contribution in [1.29, 1.82) is 0 Å². The number of nitrogens with two attached hydrogens (primary N) is 1. The Morgan fingerprint density at radius 2 is 0.917 bits per heavy atom. The molecule has 0 bridgehead atoms. The Hall–Kier alpha value is -2.55. The van der Waals surface area contributed by atoms with Crippen LogP contribution >= 0.6 is 7.82 Å². The second kappa shape index (κ2) is 46.0. The van der Waals surface area contributed by atoms with Gasteiger partial charge in [0.05, 0.1) is 13.2 Å². The van der Waals surface area contributed by atoms with Crippen molar-refractivity contribution in [2.45, 2.75) is 206 Å². The first-order chi connectivity index (χ1) is 29.3. The number of carbonyl (C=O) groups excluding carboxylic acids is 2.